The first kappa shape index (κ1) is 19.6. The van der Waals surface area contributed by atoms with E-state index >= 15 is 0 Å². The van der Waals surface area contributed by atoms with Gasteiger partial charge in [0.25, 0.3) is 15.9 Å². The van der Waals surface area contributed by atoms with Gasteiger partial charge in [-0.2, -0.15) is 0 Å². The molecule has 1 amide bonds. The largest absolute Gasteiger partial charge is 0.345 e. The molecule has 0 bridgehead atoms. The fourth-order valence-electron chi connectivity index (χ4n) is 2.80. The van der Waals surface area contributed by atoms with Crippen molar-refractivity contribution in [2.45, 2.75) is 10.9 Å². The Kier molecular flexibility index (Phi) is 4.89. The minimum absolute atomic E-state index is 0.124. The lowest BCUT2D eigenvalue weighted by molar-refractivity contribution is 0.0948. The van der Waals surface area contributed by atoms with Gasteiger partial charge in [-0.25, -0.2) is 21.8 Å². The van der Waals surface area contributed by atoms with Crippen molar-refractivity contribution < 1.29 is 21.6 Å². The number of hydrogen-bond acceptors (Lipinski definition) is 7. The van der Waals surface area contributed by atoms with Crippen LogP contribution >= 0.6 is 11.3 Å². The van der Waals surface area contributed by atoms with Crippen molar-refractivity contribution in [1.29, 1.82) is 0 Å². The predicted octanol–water partition coefficient (Wildman–Crippen LogP) is 2.14. The number of nitrogens with zero attached hydrogens (tertiary/aromatic N) is 1. The zero-order chi connectivity index (χ0) is 20.6. The van der Waals surface area contributed by atoms with Gasteiger partial charge in [-0.3, -0.25) is 9.52 Å². The molecule has 1 aromatic heterocycles. The average molecular weight is 450 g/mol. The first-order valence-electron chi connectivity index (χ1n) is 8.42. The molecule has 1 aliphatic rings. The Balaban J connectivity index is 1.53. The highest BCUT2D eigenvalue weighted by Crippen LogP contribution is 2.28. The third-order valence-electron chi connectivity index (χ3n) is 4.17. The molecule has 3 aromatic rings. The second-order valence-corrected chi connectivity index (χ2v) is 11.0. The van der Waals surface area contributed by atoms with Crippen LogP contribution in [0.15, 0.2) is 64.9 Å². The van der Waals surface area contributed by atoms with E-state index in [1.54, 1.807) is 36.4 Å². The number of carbonyl (C=O) groups is 1. The number of nitrogens with one attached hydrogen (secondary N) is 2. The highest BCUT2D eigenvalue weighted by molar-refractivity contribution is 7.94. The molecule has 2 aromatic carbocycles. The fraction of sp³-hybridized carbons (Fsp3) is 0.111. The summed E-state index contributed by atoms with van der Waals surface area (Å²) >= 11 is 1.10. The summed E-state index contributed by atoms with van der Waals surface area (Å²) in [6.45, 7) is 0. The van der Waals surface area contributed by atoms with Gasteiger partial charge in [0.15, 0.2) is 15.0 Å². The van der Waals surface area contributed by atoms with Crippen LogP contribution in [-0.4, -0.2) is 39.5 Å². The Morgan fingerprint density at radius 2 is 1.90 bits per heavy atom. The van der Waals surface area contributed by atoms with Crippen LogP contribution in [0.2, 0.25) is 0 Å². The Morgan fingerprint density at radius 1 is 1.14 bits per heavy atom. The maximum atomic E-state index is 12.4. The first-order valence-corrected chi connectivity index (χ1v) is 12.4. The van der Waals surface area contributed by atoms with E-state index in [2.05, 4.69) is 15.0 Å². The van der Waals surface area contributed by atoms with Crippen molar-refractivity contribution in [3.05, 3.63) is 65.6 Å². The molecular formula is C18H15N3O5S3. The molecule has 1 aliphatic heterocycles. The fourth-order valence-corrected chi connectivity index (χ4v) is 6.20. The number of sulfone groups is 1. The zero-order valence-corrected chi connectivity index (χ0v) is 17.2. The van der Waals surface area contributed by atoms with Crippen LogP contribution in [-0.2, 0) is 19.9 Å². The molecule has 29 heavy (non-hydrogen) atoms. The van der Waals surface area contributed by atoms with Crippen LogP contribution in [0.4, 0.5) is 5.13 Å². The van der Waals surface area contributed by atoms with Gasteiger partial charge in [0.2, 0.25) is 0 Å². The number of aromatic nitrogens is 1. The van der Waals surface area contributed by atoms with Crippen molar-refractivity contribution in [3.63, 3.8) is 0 Å². The smallest absolute Gasteiger partial charge is 0.263 e. The van der Waals surface area contributed by atoms with Crippen LogP contribution in [0.25, 0.3) is 10.2 Å². The third kappa shape index (κ3) is 4.31. The lowest BCUT2D eigenvalue weighted by Gasteiger charge is -2.09. The summed E-state index contributed by atoms with van der Waals surface area (Å²) < 4.78 is 50.8. The third-order valence-corrected chi connectivity index (χ3v) is 7.99. The molecule has 150 valence electrons. The van der Waals surface area contributed by atoms with Gasteiger partial charge in [0.1, 0.15) is 0 Å². The van der Waals surface area contributed by atoms with Gasteiger partial charge in [-0.05, 0) is 36.4 Å². The molecule has 2 heterocycles. The second kappa shape index (κ2) is 7.25. The molecule has 1 atom stereocenters. The van der Waals surface area contributed by atoms with Crippen molar-refractivity contribution in [3.8, 4) is 0 Å². The number of thiazole rings is 1. The van der Waals surface area contributed by atoms with E-state index in [1.165, 1.54) is 18.2 Å². The SMILES string of the molecule is O=C(N[C@@H]1C=CS(=O)(=O)C1)c1ccc2nc(NS(=O)(=O)c3ccccc3)sc2c1. The Labute approximate surface area is 171 Å². The predicted molar refractivity (Wildman–Crippen MR) is 111 cm³/mol. The Bertz CT molecular complexity index is 1330. The number of fused-ring (bicyclic) bond motifs is 1. The van der Waals surface area contributed by atoms with Gasteiger partial charge in [-0.1, -0.05) is 29.5 Å². The molecule has 0 saturated heterocycles. The van der Waals surface area contributed by atoms with E-state index in [0.717, 1.165) is 16.7 Å². The maximum Gasteiger partial charge on any atom is 0.263 e. The lowest BCUT2D eigenvalue weighted by atomic mass is 10.2. The summed E-state index contributed by atoms with van der Waals surface area (Å²) in [7, 11) is -7.02. The molecule has 0 unspecified atom stereocenters. The summed E-state index contributed by atoms with van der Waals surface area (Å²) in [4.78, 5) is 16.8. The van der Waals surface area contributed by atoms with Crippen LogP contribution in [0, 0.1) is 0 Å². The molecule has 2 N–H and O–H groups in total. The molecular weight excluding hydrogens is 434 g/mol. The molecule has 0 aliphatic carbocycles. The van der Waals surface area contributed by atoms with Crippen molar-refractivity contribution in [1.82, 2.24) is 10.3 Å². The van der Waals surface area contributed by atoms with Gasteiger partial charge < -0.3 is 5.32 Å². The van der Waals surface area contributed by atoms with E-state index in [0.29, 0.717) is 15.8 Å². The van der Waals surface area contributed by atoms with E-state index in [4.69, 9.17) is 0 Å². The number of hydrogen-bond donors (Lipinski definition) is 2. The van der Waals surface area contributed by atoms with Gasteiger partial charge >= 0.3 is 0 Å². The minimum atomic E-state index is -3.76. The number of rotatable bonds is 5. The van der Waals surface area contributed by atoms with Crippen LogP contribution in [0.5, 0.6) is 0 Å². The molecule has 0 radical (unpaired) electrons. The highest BCUT2D eigenvalue weighted by atomic mass is 32.2. The summed E-state index contributed by atoms with van der Waals surface area (Å²) in [5, 5.41) is 3.93. The Morgan fingerprint density at radius 3 is 2.59 bits per heavy atom. The molecule has 0 fully saturated rings. The molecule has 8 nitrogen and oxygen atoms in total. The van der Waals surface area contributed by atoms with Crippen LogP contribution in [0.3, 0.4) is 0 Å². The second-order valence-electron chi connectivity index (χ2n) is 6.36. The molecule has 11 heteroatoms. The quantitative estimate of drug-likeness (QED) is 0.615. The van der Waals surface area contributed by atoms with E-state index in [1.807, 2.05) is 0 Å². The number of sulfonamides is 1. The van der Waals surface area contributed by atoms with Gasteiger partial charge in [0, 0.05) is 11.0 Å². The van der Waals surface area contributed by atoms with Crippen molar-refractivity contribution >= 4 is 52.5 Å². The number of anilines is 1. The van der Waals surface area contributed by atoms with Crippen LogP contribution < -0.4 is 10.0 Å². The van der Waals surface area contributed by atoms with Gasteiger partial charge in [-0.15, -0.1) is 0 Å². The molecule has 0 spiro atoms. The minimum Gasteiger partial charge on any atom is -0.345 e. The number of benzene rings is 2. The highest BCUT2D eigenvalue weighted by Gasteiger charge is 2.24. The topological polar surface area (TPSA) is 122 Å². The monoisotopic (exact) mass is 449 g/mol. The van der Waals surface area contributed by atoms with E-state index < -0.39 is 31.8 Å². The first-order chi connectivity index (χ1) is 13.7. The molecule has 0 saturated carbocycles. The summed E-state index contributed by atoms with van der Waals surface area (Å²) in [6, 6.07) is 12.1. The van der Waals surface area contributed by atoms with E-state index in [9.17, 15) is 21.6 Å². The van der Waals surface area contributed by atoms with Crippen LogP contribution in [0.1, 0.15) is 10.4 Å². The van der Waals surface area contributed by atoms with Crippen molar-refractivity contribution in [2.24, 2.45) is 0 Å². The summed E-state index contributed by atoms with van der Waals surface area (Å²) in [5.74, 6) is -0.578. The number of amides is 1. The molecule has 4 rings (SSSR count). The summed E-state index contributed by atoms with van der Waals surface area (Å²) in [5.41, 5.74) is 0.872. The normalized spacial score (nSPS) is 18.0. The maximum absolute atomic E-state index is 12.4. The zero-order valence-electron chi connectivity index (χ0n) is 14.8. The average Bonchev–Trinajstić information content (AvgIpc) is 3.22. The number of carbonyl (C=O) groups excluding carboxylic acids is 1. The van der Waals surface area contributed by atoms with Gasteiger partial charge in [0.05, 0.1) is 26.9 Å². The Hall–Kier alpha value is -2.76. The standard InChI is InChI=1S/C18H15N3O5S3/c22-17(19-13-8-9-28(23,24)11-13)12-6-7-15-16(10-12)27-18(20-15)21-29(25,26)14-4-2-1-3-5-14/h1-10,13H,11H2,(H,19,22)(H,20,21)/t13-/m1/s1. The lowest BCUT2D eigenvalue weighted by Crippen LogP contribution is -2.35. The summed E-state index contributed by atoms with van der Waals surface area (Å²) in [6.07, 6.45) is 1.44. The van der Waals surface area contributed by atoms with Crippen molar-refractivity contribution in [2.75, 3.05) is 10.5 Å². The van der Waals surface area contributed by atoms with E-state index in [-0.39, 0.29) is 15.8 Å².